The predicted molar refractivity (Wildman–Crippen MR) is 79.2 cm³/mol. The van der Waals surface area contributed by atoms with Crippen molar-refractivity contribution in [2.45, 2.75) is 50.3 Å². The maximum atomic E-state index is 6.21. The molecule has 4 saturated heterocycles. The molecule has 4 aliphatic rings. The molecule has 4 aliphatic heterocycles. The zero-order valence-corrected chi connectivity index (χ0v) is 13.3. The monoisotopic (exact) mass is 323 g/mol. The van der Waals surface area contributed by atoms with Gasteiger partial charge in [-0.15, -0.1) is 0 Å². The van der Waals surface area contributed by atoms with Crippen LogP contribution in [-0.2, 0) is 23.3 Å². The van der Waals surface area contributed by atoms with Gasteiger partial charge in [0.15, 0.2) is 12.1 Å². The van der Waals surface area contributed by atoms with Gasteiger partial charge in [0.2, 0.25) is 0 Å². The molecule has 2 unspecified atom stereocenters. The molecule has 4 heterocycles. The van der Waals surface area contributed by atoms with Crippen molar-refractivity contribution in [1.82, 2.24) is 0 Å². The van der Waals surface area contributed by atoms with Crippen LogP contribution in [0.3, 0.4) is 0 Å². The number of rotatable bonds is 1. The van der Waals surface area contributed by atoms with Gasteiger partial charge in [0, 0.05) is 5.69 Å². The Morgan fingerprint density at radius 3 is 2.68 bits per heavy atom. The van der Waals surface area contributed by atoms with E-state index in [0.29, 0.717) is 0 Å². The van der Waals surface area contributed by atoms with Crippen molar-refractivity contribution < 1.29 is 23.3 Å². The van der Waals surface area contributed by atoms with Crippen molar-refractivity contribution in [2.75, 3.05) is 11.2 Å². The first kappa shape index (κ1) is 13.7. The molecular weight excluding hydrogens is 305 g/mol. The molecule has 1 aromatic rings. The molecule has 0 aromatic heterocycles. The molecule has 6 atom stereocenters. The van der Waals surface area contributed by atoms with Crippen molar-refractivity contribution in [2.24, 2.45) is 0 Å². The molecule has 0 amide bonds. The molecule has 0 N–H and O–H groups in total. The lowest BCUT2D eigenvalue weighted by atomic mass is 10.1. The summed E-state index contributed by atoms with van der Waals surface area (Å²) < 4.78 is 32.2. The van der Waals surface area contributed by atoms with Crippen LogP contribution in [0.2, 0.25) is 0 Å². The van der Waals surface area contributed by atoms with Gasteiger partial charge in [-0.05, 0) is 26.0 Å². The van der Waals surface area contributed by atoms with E-state index in [-0.39, 0.29) is 30.7 Å². The fraction of sp³-hybridized carbons (Fsp3) is 0.600. The average molecular weight is 323 g/mol. The van der Waals surface area contributed by atoms with Crippen LogP contribution in [0.5, 0.6) is 0 Å². The summed E-state index contributed by atoms with van der Waals surface area (Å²) in [5, 5.41) is 0. The Morgan fingerprint density at radius 2 is 1.86 bits per heavy atom. The molecule has 2 bridgehead atoms. The number of hydrogen-bond donors (Lipinski definition) is 0. The fourth-order valence-electron chi connectivity index (χ4n) is 3.52. The molecule has 0 saturated carbocycles. The van der Waals surface area contributed by atoms with Gasteiger partial charge >= 0.3 is 0 Å². The highest BCUT2D eigenvalue weighted by molar-refractivity contribution is 7.49. The maximum absolute atomic E-state index is 6.21. The van der Waals surface area contributed by atoms with Crippen molar-refractivity contribution in [3.63, 3.8) is 0 Å². The summed E-state index contributed by atoms with van der Waals surface area (Å²) in [4.78, 5) is 0. The number of benzene rings is 1. The van der Waals surface area contributed by atoms with Crippen molar-refractivity contribution in [3.05, 3.63) is 30.3 Å². The van der Waals surface area contributed by atoms with E-state index >= 15 is 0 Å². The minimum atomic E-state index is -1.10. The third-order valence-corrected chi connectivity index (χ3v) is 6.10. The third-order valence-electron chi connectivity index (χ3n) is 4.44. The summed E-state index contributed by atoms with van der Waals surface area (Å²) in [6.07, 6.45) is -0.767. The van der Waals surface area contributed by atoms with Gasteiger partial charge in [-0.2, -0.15) is 0 Å². The Labute approximate surface area is 130 Å². The smallest absolute Gasteiger partial charge is 0.290 e. The first-order valence-corrected chi connectivity index (χ1v) is 8.71. The molecule has 1 aromatic carbocycles. The average Bonchev–Trinajstić information content (AvgIpc) is 3.10. The molecule has 0 spiro atoms. The summed E-state index contributed by atoms with van der Waals surface area (Å²) in [6, 6.07) is 10.2. The van der Waals surface area contributed by atoms with Crippen LogP contribution in [0.25, 0.3) is 0 Å². The van der Waals surface area contributed by atoms with E-state index in [9.17, 15) is 0 Å². The van der Waals surface area contributed by atoms with Crippen molar-refractivity contribution >= 4 is 14.2 Å². The highest BCUT2D eigenvalue weighted by Gasteiger charge is 2.63. The Hall–Kier alpha value is -0.750. The highest BCUT2D eigenvalue weighted by Crippen LogP contribution is 2.60. The summed E-state index contributed by atoms with van der Waals surface area (Å²) in [5.41, 5.74) is 1.12. The van der Waals surface area contributed by atoms with E-state index in [4.69, 9.17) is 23.3 Å². The number of para-hydroxylation sites is 1. The normalized spacial score (nSPS) is 44.9. The number of nitrogens with zero attached hydrogens (tertiary/aromatic N) is 1. The van der Waals surface area contributed by atoms with Gasteiger partial charge in [0.05, 0.1) is 6.54 Å². The maximum Gasteiger partial charge on any atom is 0.290 e. The van der Waals surface area contributed by atoms with E-state index < -0.39 is 14.3 Å². The van der Waals surface area contributed by atoms with Crippen LogP contribution in [0.4, 0.5) is 5.69 Å². The molecule has 0 radical (unpaired) electrons. The van der Waals surface area contributed by atoms with Crippen LogP contribution in [-0.4, -0.2) is 43.0 Å². The van der Waals surface area contributed by atoms with Crippen molar-refractivity contribution in [3.8, 4) is 0 Å². The number of ether oxygens (including phenoxy) is 3. The molecule has 118 valence electrons. The SMILES string of the molecule is CC1(C)O[C@H]2O[C@@H]3C4CN(c5ccccc5)P(O4)O[C@@H]3[C@H]2O1. The number of anilines is 1. The molecule has 4 fully saturated rings. The van der Waals surface area contributed by atoms with Crippen LogP contribution in [0, 0.1) is 0 Å². The number of hydrogen-bond acceptors (Lipinski definition) is 6. The number of fused-ring (bicyclic) bond motifs is 6. The van der Waals surface area contributed by atoms with Gasteiger partial charge in [0.1, 0.15) is 24.4 Å². The van der Waals surface area contributed by atoms with Gasteiger partial charge in [-0.3, -0.25) is 0 Å². The Kier molecular flexibility index (Phi) is 2.88. The summed E-state index contributed by atoms with van der Waals surface area (Å²) in [6.45, 7) is 4.58. The summed E-state index contributed by atoms with van der Waals surface area (Å²) >= 11 is 0. The molecule has 6 nitrogen and oxygen atoms in total. The van der Waals surface area contributed by atoms with E-state index in [1.165, 1.54) is 0 Å². The minimum Gasteiger partial charge on any atom is -0.341 e. The van der Waals surface area contributed by atoms with Crippen molar-refractivity contribution in [1.29, 1.82) is 0 Å². The quantitative estimate of drug-likeness (QED) is 0.740. The standard InChI is InChI=1S/C15H18NO5P/c1-15(2)18-13-12-11(17-14(13)19-15)10-8-16(22(20-10)21-12)9-6-4-3-5-7-9/h3-7,10-14H,8H2,1-2H3/t10?,11-,12+,13-,14-,22?/m1/s1. The molecule has 5 rings (SSSR count). The van der Waals surface area contributed by atoms with Crippen LogP contribution < -0.4 is 4.67 Å². The van der Waals surface area contributed by atoms with Gasteiger partial charge in [-0.25, -0.2) is 0 Å². The summed E-state index contributed by atoms with van der Waals surface area (Å²) in [5.74, 6) is -0.618. The van der Waals surface area contributed by atoms with E-state index in [1.807, 2.05) is 32.0 Å². The predicted octanol–water partition coefficient (Wildman–Crippen LogP) is 2.39. The topological polar surface area (TPSA) is 49.4 Å². The van der Waals surface area contributed by atoms with Gasteiger partial charge in [-0.1, -0.05) is 18.2 Å². The lowest BCUT2D eigenvalue weighted by molar-refractivity contribution is -0.224. The molecule has 0 aliphatic carbocycles. The van der Waals surface area contributed by atoms with Gasteiger partial charge < -0.3 is 27.9 Å². The van der Waals surface area contributed by atoms with Crippen LogP contribution >= 0.6 is 8.53 Å². The Morgan fingerprint density at radius 1 is 1.05 bits per heavy atom. The fourth-order valence-corrected chi connectivity index (χ4v) is 5.28. The highest BCUT2D eigenvalue weighted by atomic mass is 31.2. The zero-order chi connectivity index (χ0) is 14.9. The third kappa shape index (κ3) is 1.96. The van der Waals surface area contributed by atoms with Crippen LogP contribution in [0.15, 0.2) is 30.3 Å². The second kappa shape index (κ2) is 4.63. The van der Waals surface area contributed by atoms with E-state index in [1.54, 1.807) is 0 Å². The first-order chi connectivity index (χ1) is 10.6. The first-order valence-electron chi connectivity index (χ1n) is 7.58. The second-order valence-electron chi connectivity index (χ2n) is 6.44. The lowest BCUT2D eigenvalue weighted by Gasteiger charge is -2.32. The molecule has 22 heavy (non-hydrogen) atoms. The van der Waals surface area contributed by atoms with E-state index in [2.05, 4.69) is 16.8 Å². The molecular formula is C15H18NO5P. The Balaban J connectivity index is 1.40. The lowest BCUT2D eigenvalue weighted by Crippen LogP contribution is -2.44. The minimum absolute atomic E-state index is 0.00554. The van der Waals surface area contributed by atoms with Crippen LogP contribution in [0.1, 0.15) is 13.8 Å². The molecule has 7 heteroatoms. The van der Waals surface area contributed by atoms with E-state index in [0.717, 1.165) is 12.2 Å². The largest absolute Gasteiger partial charge is 0.341 e. The Bertz CT molecular complexity index is 585. The zero-order valence-electron chi connectivity index (χ0n) is 12.4. The summed E-state index contributed by atoms with van der Waals surface area (Å²) in [7, 11) is -1.10. The van der Waals surface area contributed by atoms with Gasteiger partial charge in [0.25, 0.3) is 8.53 Å². The second-order valence-corrected chi connectivity index (χ2v) is 7.82.